The van der Waals surface area contributed by atoms with Gasteiger partial charge in [0.25, 0.3) is 11.6 Å². The molecule has 160 valence electrons. The van der Waals surface area contributed by atoms with E-state index in [4.69, 9.17) is 9.47 Å². The molecule has 0 fully saturated rings. The molecule has 0 aromatic heterocycles. The molecule has 2 aromatic rings. The molecule has 1 unspecified atom stereocenters. The molecular weight excluding hydrogens is 412 g/mol. The third kappa shape index (κ3) is 4.09. The van der Waals surface area contributed by atoms with Gasteiger partial charge in [-0.25, -0.2) is 8.42 Å². The summed E-state index contributed by atoms with van der Waals surface area (Å²) in [4.78, 5) is 24.9. The SMILES string of the molecule is CCOc1cc(C(CN2Cc3cccc([N+](=O)[O-])c3C2=O)S(C)(=O)=O)ccc1OC. The van der Waals surface area contributed by atoms with E-state index in [-0.39, 0.29) is 24.3 Å². The molecular formula is C20H22N2O7S. The van der Waals surface area contributed by atoms with Crippen LogP contribution >= 0.6 is 0 Å². The van der Waals surface area contributed by atoms with Gasteiger partial charge in [-0.1, -0.05) is 18.2 Å². The molecule has 10 heteroatoms. The minimum absolute atomic E-state index is 0.0134. The number of benzene rings is 2. The first-order chi connectivity index (χ1) is 14.2. The van der Waals surface area contributed by atoms with Gasteiger partial charge >= 0.3 is 0 Å². The van der Waals surface area contributed by atoms with E-state index in [9.17, 15) is 23.3 Å². The van der Waals surface area contributed by atoms with E-state index in [0.29, 0.717) is 29.2 Å². The van der Waals surface area contributed by atoms with Crippen molar-refractivity contribution in [3.8, 4) is 11.5 Å². The maximum Gasteiger partial charge on any atom is 0.282 e. The molecule has 1 aliphatic heterocycles. The first-order valence-corrected chi connectivity index (χ1v) is 11.2. The lowest BCUT2D eigenvalue weighted by Gasteiger charge is -2.23. The maximum absolute atomic E-state index is 12.9. The molecule has 0 saturated heterocycles. The fourth-order valence-electron chi connectivity index (χ4n) is 3.55. The summed E-state index contributed by atoms with van der Waals surface area (Å²) in [6.45, 7) is 2.14. The van der Waals surface area contributed by atoms with E-state index in [2.05, 4.69) is 0 Å². The number of methoxy groups -OCH3 is 1. The summed E-state index contributed by atoms with van der Waals surface area (Å²) < 4.78 is 35.9. The Hall–Kier alpha value is -3.14. The highest BCUT2D eigenvalue weighted by molar-refractivity contribution is 7.91. The molecule has 1 heterocycles. The van der Waals surface area contributed by atoms with Gasteiger partial charge in [0.15, 0.2) is 21.3 Å². The van der Waals surface area contributed by atoms with Crippen molar-refractivity contribution in [3.05, 3.63) is 63.2 Å². The normalized spacial score (nSPS) is 14.4. The van der Waals surface area contributed by atoms with Crippen LogP contribution in [0.3, 0.4) is 0 Å². The number of rotatable bonds is 8. The average Bonchev–Trinajstić information content (AvgIpc) is 3.01. The zero-order chi connectivity index (χ0) is 22.1. The molecule has 2 aromatic carbocycles. The van der Waals surface area contributed by atoms with Crippen molar-refractivity contribution in [2.45, 2.75) is 18.7 Å². The van der Waals surface area contributed by atoms with Crippen molar-refractivity contribution in [1.82, 2.24) is 4.90 Å². The summed E-state index contributed by atoms with van der Waals surface area (Å²) in [5.41, 5.74) is 0.685. The number of fused-ring (bicyclic) bond motifs is 1. The number of sulfone groups is 1. The van der Waals surface area contributed by atoms with Crippen molar-refractivity contribution >= 4 is 21.4 Å². The Kier molecular flexibility index (Phi) is 5.97. The average molecular weight is 434 g/mol. The van der Waals surface area contributed by atoms with Crippen molar-refractivity contribution in [2.24, 2.45) is 0 Å². The number of carbonyl (C=O) groups excluding carboxylic acids is 1. The van der Waals surface area contributed by atoms with E-state index in [1.165, 1.54) is 24.1 Å². The molecule has 3 rings (SSSR count). The number of nitro groups is 1. The minimum Gasteiger partial charge on any atom is -0.493 e. The topological polar surface area (TPSA) is 116 Å². The number of nitrogens with zero attached hydrogens (tertiary/aromatic N) is 2. The summed E-state index contributed by atoms with van der Waals surface area (Å²) in [6.07, 6.45) is 1.10. The van der Waals surface area contributed by atoms with E-state index in [1.54, 1.807) is 31.2 Å². The highest BCUT2D eigenvalue weighted by Gasteiger charge is 2.37. The Labute approximate surface area is 174 Å². The molecule has 0 N–H and O–H groups in total. The number of hydrogen-bond donors (Lipinski definition) is 0. The summed E-state index contributed by atoms with van der Waals surface area (Å²) in [6, 6.07) is 9.24. The number of carbonyl (C=O) groups is 1. The summed E-state index contributed by atoms with van der Waals surface area (Å²) in [5, 5.41) is 10.3. The molecule has 30 heavy (non-hydrogen) atoms. The van der Waals surface area contributed by atoms with Crippen molar-refractivity contribution in [1.29, 1.82) is 0 Å². The smallest absolute Gasteiger partial charge is 0.282 e. The summed E-state index contributed by atoms with van der Waals surface area (Å²) in [5.74, 6) is 0.315. The fourth-order valence-corrected chi connectivity index (χ4v) is 4.64. The lowest BCUT2D eigenvalue weighted by Crippen LogP contribution is -2.32. The van der Waals surface area contributed by atoms with Crippen LogP contribution in [0.1, 0.15) is 33.7 Å². The second-order valence-corrected chi connectivity index (χ2v) is 9.14. The van der Waals surface area contributed by atoms with Gasteiger partial charge < -0.3 is 14.4 Å². The lowest BCUT2D eigenvalue weighted by atomic mass is 10.1. The molecule has 0 saturated carbocycles. The second-order valence-electron chi connectivity index (χ2n) is 6.92. The Balaban J connectivity index is 1.96. The van der Waals surface area contributed by atoms with Crippen LogP contribution in [-0.4, -0.2) is 50.7 Å². The van der Waals surface area contributed by atoms with Gasteiger partial charge in [-0.3, -0.25) is 14.9 Å². The molecule has 9 nitrogen and oxygen atoms in total. The van der Waals surface area contributed by atoms with Crippen molar-refractivity contribution < 1.29 is 27.6 Å². The zero-order valence-electron chi connectivity index (χ0n) is 16.8. The summed E-state index contributed by atoms with van der Waals surface area (Å²) >= 11 is 0. The number of hydrogen-bond acceptors (Lipinski definition) is 7. The number of ether oxygens (including phenoxy) is 2. The maximum atomic E-state index is 12.9. The Morgan fingerprint density at radius 1 is 1.23 bits per heavy atom. The highest BCUT2D eigenvalue weighted by Crippen LogP contribution is 2.36. The van der Waals surface area contributed by atoms with Crippen molar-refractivity contribution in [3.63, 3.8) is 0 Å². The van der Waals surface area contributed by atoms with Crippen LogP contribution in [0, 0.1) is 10.1 Å². The van der Waals surface area contributed by atoms with Gasteiger partial charge in [-0.15, -0.1) is 0 Å². The molecule has 0 spiro atoms. The van der Waals surface area contributed by atoms with Crippen LogP contribution in [0.25, 0.3) is 0 Å². The lowest BCUT2D eigenvalue weighted by molar-refractivity contribution is -0.385. The third-order valence-electron chi connectivity index (χ3n) is 4.95. The van der Waals surface area contributed by atoms with Gasteiger partial charge in [0.1, 0.15) is 10.8 Å². The van der Waals surface area contributed by atoms with Gasteiger partial charge in [0.05, 0.1) is 18.6 Å². The largest absolute Gasteiger partial charge is 0.493 e. The van der Waals surface area contributed by atoms with Crippen LogP contribution in [-0.2, 0) is 16.4 Å². The molecule has 1 amide bonds. The minimum atomic E-state index is -3.62. The quantitative estimate of drug-likeness (QED) is 0.463. The van der Waals surface area contributed by atoms with Crippen LogP contribution in [0.4, 0.5) is 5.69 Å². The molecule has 0 aliphatic carbocycles. The van der Waals surface area contributed by atoms with Crippen LogP contribution < -0.4 is 9.47 Å². The van der Waals surface area contributed by atoms with Crippen molar-refractivity contribution in [2.75, 3.05) is 26.5 Å². The van der Waals surface area contributed by atoms with E-state index >= 15 is 0 Å². The molecule has 1 atom stereocenters. The monoisotopic (exact) mass is 434 g/mol. The predicted octanol–water partition coefficient (Wildman–Crippen LogP) is 2.74. The van der Waals surface area contributed by atoms with Gasteiger partial charge in [0, 0.05) is 25.4 Å². The fraction of sp³-hybridized carbons (Fsp3) is 0.350. The summed E-state index contributed by atoms with van der Waals surface area (Å²) in [7, 11) is -2.13. The molecule has 0 radical (unpaired) electrons. The number of amides is 1. The Morgan fingerprint density at radius 2 is 1.97 bits per heavy atom. The first-order valence-electron chi connectivity index (χ1n) is 9.22. The van der Waals surface area contributed by atoms with Crippen LogP contribution in [0.15, 0.2) is 36.4 Å². The van der Waals surface area contributed by atoms with E-state index < -0.39 is 25.9 Å². The highest BCUT2D eigenvalue weighted by atomic mass is 32.2. The van der Waals surface area contributed by atoms with Crippen LogP contribution in [0.2, 0.25) is 0 Å². The first kappa shape index (κ1) is 21.6. The zero-order valence-corrected chi connectivity index (χ0v) is 17.6. The predicted molar refractivity (Wildman–Crippen MR) is 110 cm³/mol. The molecule has 1 aliphatic rings. The van der Waals surface area contributed by atoms with Gasteiger partial charge in [-0.2, -0.15) is 0 Å². The number of nitro benzene ring substituents is 1. The van der Waals surface area contributed by atoms with Crippen LogP contribution in [0.5, 0.6) is 11.5 Å². The molecule has 0 bridgehead atoms. The van der Waals surface area contributed by atoms with E-state index in [1.807, 2.05) is 0 Å². The second kappa shape index (κ2) is 8.31. The van der Waals surface area contributed by atoms with E-state index in [0.717, 1.165) is 6.26 Å². The standard InChI is InChI=1S/C20H22N2O7S/c1-4-29-17-10-13(8-9-16(17)28-2)18(30(3,26)27)12-21-11-14-6-5-7-15(22(24)25)19(14)20(21)23/h5-10,18H,4,11-12H2,1-3H3. The van der Waals surface area contributed by atoms with Gasteiger partial charge in [0.2, 0.25) is 0 Å². The van der Waals surface area contributed by atoms with Gasteiger partial charge in [-0.05, 0) is 30.2 Å². The Bertz CT molecular complexity index is 1100. The Morgan fingerprint density at radius 3 is 2.57 bits per heavy atom. The third-order valence-corrected chi connectivity index (χ3v) is 6.40.